The molecule has 1 heterocycles. The van der Waals surface area contributed by atoms with Crippen LogP contribution in [0.1, 0.15) is 17.8 Å². The van der Waals surface area contributed by atoms with Crippen molar-refractivity contribution in [1.29, 1.82) is 0 Å². The molecule has 2 rings (SSSR count). The van der Waals surface area contributed by atoms with Gasteiger partial charge in [-0.15, -0.1) is 23.1 Å². The molecule has 2 aromatic rings. The third kappa shape index (κ3) is 4.02. The molecule has 0 saturated heterocycles. The SMILES string of the molecule is CCNC(CSc1ccc(Cl)cc1)c1cccs1. The fourth-order valence-electron chi connectivity index (χ4n) is 1.69. The molecule has 1 aromatic heterocycles. The Kier molecular flexibility index (Phi) is 5.57. The van der Waals surface area contributed by atoms with Gasteiger partial charge in [0.25, 0.3) is 0 Å². The summed E-state index contributed by atoms with van der Waals surface area (Å²) in [6.45, 7) is 3.14. The quantitative estimate of drug-likeness (QED) is 0.765. The van der Waals surface area contributed by atoms with Gasteiger partial charge < -0.3 is 5.32 Å². The van der Waals surface area contributed by atoms with E-state index >= 15 is 0 Å². The number of hydrogen-bond acceptors (Lipinski definition) is 3. The van der Waals surface area contributed by atoms with Gasteiger partial charge in [0, 0.05) is 20.5 Å². The van der Waals surface area contributed by atoms with E-state index < -0.39 is 0 Å². The number of thiophene rings is 1. The topological polar surface area (TPSA) is 12.0 Å². The zero-order valence-electron chi connectivity index (χ0n) is 10.2. The monoisotopic (exact) mass is 297 g/mol. The van der Waals surface area contributed by atoms with Gasteiger partial charge in [0.1, 0.15) is 0 Å². The number of halogens is 1. The lowest BCUT2D eigenvalue weighted by Crippen LogP contribution is -2.21. The van der Waals surface area contributed by atoms with Crippen LogP contribution in [0.2, 0.25) is 5.02 Å². The van der Waals surface area contributed by atoms with Crippen molar-refractivity contribution in [2.24, 2.45) is 0 Å². The van der Waals surface area contributed by atoms with Crippen molar-refractivity contribution >= 4 is 34.7 Å². The molecule has 0 aliphatic rings. The molecule has 0 aliphatic carbocycles. The van der Waals surface area contributed by atoms with E-state index in [1.807, 2.05) is 35.2 Å². The minimum Gasteiger partial charge on any atom is -0.309 e. The Morgan fingerprint density at radius 2 is 2.06 bits per heavy atom. The number of rotatable bonds is 6. The van der Waals surface area contributed by atoms with Crippen molar-refractivity contribution in [2.75, 3.05) is 12.3 Å². The molecular weight excluding hydrogens is 282 g/mol. The predicted octanol–water partition coefficient (Wildman–Crippen LogP) is 4.84. The lowest BCUT2D eigenvalue weighted by molar-refractivity contribution is 0.615. The summed E-state index contributed by atoms with van der Waals surface area (Å²) in [6.07, 6.45) is 0. The second kappa shape index (κ2) is 7.19. The number of nitrogens with one attached hydrogen (secondary N) is 1. The Bertz CT molecular complexity index is 453. The van der Waals surface area contributed by atoms with Crippen molar-refractivity contribution in [3.8, 4) is 0 Å². The molecule has 1 unspecified atom stereocenters. The van der Waals surface area contributed by atoms with Crippen LogP contribution in [-0.4, -0.2) is 12.3 Å². The zero-order valence-corrected chi connectivity index (χ0v) is 12.6. The first kappa shape index (κ1) is 13.9. The van der Waals surface area contributed by atoms with Crippen LogP contribution in [0, 0.1) is 0 Å². The summed E-state index contributed by atoms with van der Waals surface area (Å²) in [6, 6.07) is 12.8. The lowest BCUT2D eigenvalue weighted by Gasteiger charge is -2.15. The van der Waals surface area contributed by atoms with E-state index in [1.165, 1.54) is 9.77 Å². The summed E-state index contributed by atoms with van der Waals surface area (Å²) in [5.74, 6) is 1.04. The smallest absolute Gasteiger partial charge is 0.0510 e. The fraction of sp³-hybridized carbons (Fsp3) is 0.286. The van der Waals surface area contributed by atoms with E-state index in [0.29, 0.717) is 6.04 Å². The summed E-state index contributed by atoms with van der Waals surface area (Å²) >= 11 is 9.56. The largest absolute Gasteiger partial charge is 0.309 e. The molecule has 96 valence electrons. The van der Waals surface area contributed by atoms with Gasteiger partial charge in [0.05, 0.1) is 6.04 Å². The molecule has 0 spiro atoms. The van der Waals surface area contributed by atoms with Crippen molar-refractivity contribution in [1.82, 2.24) is 5.32 Å². The van der Waals surface area contributed by atoms with Gasteiger partial charge in [-0.2, -0.15) is 0 Å². The summed E-state index contributed by atoms with van der Waals surface area (Å²) in [5, 5.41) is 6.45. The molecule has 1 N–H and O–H groups in total. The van der Waals surface area contributed by atoms with E-state index in [-0.39, 0.29) is 0 Å². The van der Waals surface area contributed by atoms with Crippen molar-refractivity contribution < 1.29 is 0 Å². The molecule has 0 aliphatic heterocycles. The third-order valence-electron chi connectivity index (χ3n) is 2.57. The highest BCUT2D eigenvalue weighted by molar-refractivity contribution is 7.99. The minimum absolute atomic E-state index is 0.427. The second-order valence-electron chi connectivity index (χ2n) is 3.89. The molecule has 0 saturated carbocycles. The Morgan fingerprint density at radius 1 is 1.28 bits per heavy atom. The second-order valence-corrected chi connectivity index (χ2v) is 6.40. The molecule has 0 radical (unpaired) electrons. The van der Waals surface area contributed by atoms with Gasteiger partial charge in [-0.1, -0.05) is 24.6 Å². The maximum Gasteiger partial charge on any atom is 0.0510 e. The molecular formula is C14H16ClNS2. The summed E-state index contributed by atoms with van der Waals surface area (Å²) < 4.78 is 0. The van der Waals surface area contributed by atoms with Crippen molar-refractivity contribution in [2.45, 2.75) is 17.9 Å². The van der Waals surface area contributed by atoms with Gasteiger partial charge in [0.2, 0.25) is 0 Å². The Hall–Kier alpha value is -0.480. The number of thioether (sulfide) groups is 1. The molecule has 18 heavy (non-hydrogen) atoms. The summed E-state index contributed by atoms with van der Waals surface area (Å²) in [7, 11) is 0. The first-order valence-corrected chi connectivity index (χ1v) is 8.19. The fourth-order valence-corrected chi connectivity index (χ4v) is 3.71. The standard InChI is InChI=1S/C14H16ClNS2/c1-2-16-13(14-4-3-9-17-14)10-18-12-7-5-11(15)6-8-12/h3-9,13,16H,2,10H2,1H3. The molecule has 4 heteroatoms. The molecule has 1 nitrogen and oxygen atoms in total. The van der Waals surface area contributed by atoms with E-state index in [0.717, 1.165) is 17.3 Å². The van der Waals surface area contributed by atoms with Crippen molar-refractivity contribution in [3.63, 3.8) is 0 Å². The zero-order chi connectivity index (χ0) is 12.8. The predicted molar refractivity (Wildman–Crippen MR) is 82.9 cm³/mol. The maximum atomic E-state index is 5.89. The van der Waals surface area contributed by atoms with Crippen LogP contribution in [0.3, 0.4) is 0 Å². The summed E-state index contributed by atoms with van der Waals surface area (Å²) in [4.78, 5) is 2.66. The van der Waals surface area contributed by atoms with Crippen LogP contribution < -0.4 is 5.32 Å². The molecule has 0 amide bonds. The lowest BCUT2D eigenvalue weighted by atomic mass is 10.3. The number of hydrogen-bond donors (Lipinski definition) is 1. The van der Waals surface area contributed by atoms with Gasteiger partial charge in [-0.25, -0.2) is 0 Å². The van der Waals surface area contributed by atoms with E-state index in [9.17, 15) is 0 Å². The highest BCUT2D eigenvalue weighted by atomic mass is 35.5. The van der Waals surface area contributed by atoms with Crippen LogP contribution in [0.4, 0.5) is 0 Å². The van der Waals surface area contributed by atoms with Crippen LogP contribution in [0.15, 0.2) is 46.7 Å². The van der Waals surface area contributed by atoms with E-state index in [1.54, 1.807) is 0 Å². The van der Waals surface area contributed by atoms with Crippen LogP contribution in [-0.2, 0) is 0 Å². The Morgan fingerprint density at radius 3 is 2.67 bits per heavy atom. The Balaban J connectivity index is 1.95. The van der Waals surface area contributed by atoms with Crippen molar-refractivity contribution in [3.05, 3.63) is 51.7 Å². The van der Waals surface area contributed by atoms with Crippen LogP contribution in [0.5, 0.6) is 0 Å². The van der Waals surface area contributed by atoms with Crippen LogP contribution >= 0.6 is 34.7 Å². The van der Waals surface area contributed by atoms with Gasteiger partial charge >= 0.3 is 0 Å². The Labute approximate surface area is 122 Å². The van der Waals surface area contributed by atoms with E-state index in [2.05, 4.69) is 41.9 Å². The third-order valence-corrected chi connectivity index (χ3v) is 4.91. The normalized spacial score (nSPS) is 12.6. The molecule has 1 atom stereocenters. The van der Waals surface area contributed by atoms with Crippen LogP contribution in [0.25, 0.3) is 0 Å². The number of benzene rings is 1. The molecule has 0 fully saturated rings. The average molecular weight is 298 g/mol. The maximum absolute atomic E-state index is 5.89. The minimum atomic E-state index is 0.427. The van der Waals surface area contributed by atoms with Gasteiger partial charge in [0.15, 0.2) is 0 Å². The summed E-state index contributed by atoms with van der Waals surface area (Å²) in [5.41, 5.74) is 0. The highest BCUT2D eigenvalue weighted by Crippen LogP contribution is 2.27. The first-order chi connectivity index (χ1) is 8.79. The first-order valence-electron chi connectivity index (χ1n) is 5.94. The molecule has 0 bridgehead atoms. The highest BCUT2D eigenvalue weighted by Gasteiger charge is 2.11. The van der Waals surface area contributed by atoms with Gasteiger partial charge in [-0.05, 0) is 42.3 Å². The van der Waals surface area contributed by atoms with Gasteiger partial charge in [-0.3, -0.25) is 0 Å². The van der Waals surface area contributed by atoms with E-state index in [4.69, 9.17) is 11.6 Å². The molecule has 1 aromatic carbocycles. The average Bonchev–Trinajstić information content (AvgIpc) is 2.90.